The summed E-state index contributed by atoms with van der Waals surface area (Å²) >= 11 is 4.81. The van der Waals surface area contributed by atoms with E-state index in [1.165, 1.54) is 18.0 Å². The van der Waals surface area contributed by atoms with Crippen molar-refractivity contribution < 1.29 is 4.39 Å². The highest BCUT2D eigenvalue weighted by Crippen LogP contribution is 2.27. The standard InChI is InChI=1S/C15H16BrFN2S/c1-9-5-10(8-18-20-15(2,3)4)12-6-11(16)7-13(17)14(12)19-9/h5-8H,1-4H3/b18-8-. The summed E-state index contributed by atoms with van der Waals surface area (Å²) in [5, 5.41) is 0.765. The van der Waals surface area contributed by atoms with E-state index in [-0.39, 0.29) is 10.6 Å². The molecule has 0 bridgehead atoms. The topological polar surface area (TPSA) is 25.2 Å². The van der Waals surface area contributed by atoms with Crippen LogP contribution in [0.2, 0.25) is 0 Å². The van der Waals surface area contributed by atoms with Gasteiger partial charge in [0.25, 0.3) is 0 Å². The lowest BCUT2D eigenvalue weighted by atomic mass is 10.1. The smallest absolute Gasteiger partial charge is 0.150 e. The Morgan fingerprint density at radius 1 is 1.30 bits per heavy atom. The molecule has 1 aromatic carbocycles. The predicted molar refractivity (Wildman–Crippen MR) is 89.1 cm³/mol. The van der Waals surface area contributed by atoms with Gasteiger partial charge in [0.05, 0.1) is 0 Å². The molecule has 0 aliphatic rings. The van der Waals surface area contributed by atoms with Crippen molar-refractivity contribution in [3.05, 3.63) is 39.7 Å². The highest BCUT2D eigenvalue weighted by molar-refractivity contribution is 9.10. The minimum atomic E-state index is -0.323. The Hall–Kier alpha value is -0.940. The third-order valence-corrected chi connectivity index (χ3v) is 3.73. The van der Waals surface area contributed by atoms with Crippen LogP contribution in [0.15, 0.2) is 27.1 Å². The second-order valence-corrected chi connectivity index (χ2v) is 8.11. The Morgan fingerprint density at radius 2 is 2.00 bits per heavy atom. The molecule has 0 spiro atoms. The van der Waals surface area contributed by atoms with Gasteiger partial charge < -0.3 is 0 Å². The van der Waals surface area contributed by atoms with Crippen molar-refractivity contribution in [2.75, 3.05) is 0 Å². The number of hydrogen-bond donors (Lipinski definition) is 0. The minimum Gasteiger partial charge on any atom is -0.250 e. The Bertz CT molecular complexity index is 678. The average Bonchev–Trinajstić information content (AvgIpc) is 2.29. The van der Waals surface area contributed by atoms with E-state index in [2.05, 4.69) is 46.1 Å². The van der Waals surface area contributed by atoms with E-state index >= 15 is 0 Å². The summed E-state index contributed by atoms with van der Waals surface area (Å²) in [7, 11) is 0. The maximum Gasteiger partial charge on any atom is 0.150 e. The lowest BCUT2D eigenvalue weighted by Gasteiger charge is -2.12. The average molecular weight is 355 g/mol. The predicted octanol–water partition coefficient (Wildman–Crippen LogP) is 5.31. The molecule has 2 rings (SSSR count). The number of nitrogens with zero attached hydrogens (tertiary/aromatic N) is 2. The van der Waals surface area contributed by atoms with Crippen molar-refractivity contribution in [1.29, 1.82) is 0 Å². The van der Waals surface area contributed by atoms with Gasteiger partial charge in [0.15, 0.2) is 5.82 Å². The van der Waals surface area contributed by atoms with Crippen LogP contribution < -0.4 is 0 Å². The van der Waals surface area contributed by atoms with E-state index in [4.69, 9.17) is 0 Å². The molecule has 0 unspecified atom stereocenters. The number of aryl methyl sites for hydroxylation is 1. The fourth-order valence-electron chi connectivity index (χ4n) is 1.76. The molecule has 0 aliphatic heterocycles. The Kier molecular flexibility index (Phi) is 4.49. The van der Waals surface area contributed by atoms with E-state index in [0.717, 1.165) is 16.6 Å². The van der Waals surface area contributed by atoms with E-state index in [1.807, 2.05) is 19.1 Å². The third kappa shape index (κ3) is 3.79. The number of hydrogen-bond acceptors (Lipinski definition) is 3. The second-order valence-electron chi connectivity index (χ2n) is 5.57. The first-order valence-corrected chi connectivity index (χ1v) is 7.81. The molecule has 1 aromatic heterocycles. The van der Waals surface area contributed by atoms with Crippen LogP contribution in [0.5, 0.6) is 0 Å². The summed E-state index contributed by atoms with van der Waals surface area (Å²) in [6.07, 6.45) is 1.78. The van der Waals surface area contributed by atoms with Gasteiger partial charge in [-0.2, -0.15) is 0 Å². The highest BCUT2D eigenvalue weighted by Gasteiger charge is 2.11. The molecule has 0 radical (unpaired) electrons. The Morgan fingerprint density at radius 3 is 2.65 bits per heavy atom. The molecule has 0 aliphatic carbocycles. The van der Waals surface area contributed by atoms with Gasteiger partial charge in [-0.15, -0.1) is 0 Å². The number of fused-ring (bicyclic) bond motifs is 1. The molecule has 2 nitrogen and oxygen atoms in total. The van der Waals surface area contributed by atoms with Crippen LogP contribution in [-0.4, -0.2) is 15.9 Å². The molecule has 1 heterocycles. The zero-order chi connectivity index (χ0) is 14.9. The lowest BCUT2D eigenvalue weighted by molar-refractivity contribution is 0.635. The van der Waals surface area contributed by atoms with Crippen LogP contribution in [0.4, 0.5) is 4.39 Å². The number of benzene rings is 1. The molecule has 106 valence electrons. The minimum absolute atomic E-state index is 0.0558. The summed E-state index contributed by atoms with van der Waals surface area (Å²) in [6, 6.07) is 5.22. The molecular weight excluding hydrogens is 339 g/mol. The van der Waals surface area contributed by atoms with Crippen molar-refractivity contribution in [3.8, 4) is 0 Å². The van der Waals surface area contributed by atoms with Crippen LogP contribution in [0.25, 0.3) is 10.9 Å². The number of rotatable bonds is 2. The van der Waals surface area contributed by atoms with Crippen molar-refractivity contribution in [2.45, 2.75) is 32.4 Å². The normalized spacial score (nSPS) is 12.5. The van der Waals surface area contributed by atoms with Crippen LogP contribution in [0.1, 0.15) is 32.0 Å². The van der Waals surface area contributed by atoms with Gasteiger partial charge in [-0.1, -0.05) is 15.9 Å². The molecule has 0 saturated carbocycles. The molecule has 5 heteroatoms. The fraction of sp³-hybridized carbons (Fsp3) is 0.333. The molecule has 0 amide bonds. The summed E-state index contributed by atoms with van der Waals surface area (Å²) < 4.78 is 19.1. The van der Waals surface area contributed by atoms with Gasteiger partial charge in [-0.25, -0.2) is 8.79 Å². The summed E-state index contributed by atoms with van der Waals surface area (Å²) in [5.41, 5.74) is 2.04. The van der Waals surface area contributed by atoms with Crippen molar-refractivity contribution in [3.63, 3.8) is 0 Å². The van der Waals surface area contributed by atoms with E-state index in [0.29, 0.717) is 9.99 Å². The lowest BCUT2D eigenvalue weighted by Crippen LogP contribution is -2.05. The van der Waals surface area contributed by atoms with E-state index in [9.17, 15) is 4.39 Å². The molecular formula is C15H16BrFN2S. The highest BCUT2D eigenvalue weighted by atomic mass is 79.9. The first kappa shape index (κ1) is 15.4. The van der Waals surface area contributed by atoms with E-state index < -0.39 is 0 Å². The molecule has 0 saturated heterocycles. The van der Waals surface area contributed by atoms with Gasteiger partial charge in [0.1, 0.15) is 5.52 Å². The van der Waals surface area contributed by atoms with Crippen LogP contribution in [-0.2, 0) is 0 Å². The number of halogens is 2. The molecule has 0 N–H and O–H groups in total. The van der Waals surface area contributed by atoms with Gasteiger partial charge in [-0.3, -0.25) is 4.98 Å². The molecule has 2 aromatic rings. The van der Waals surface area contributed by atoms with E-state index in [1.54, 1.807) is 6.21 Å². The summed E-state index contributed by atoms with van der Waals surface area (Å²) in [6.45, 7) is 8.15. The molecule has 0 fully saturated rings. The maximum absolute atomic E-state index is 14.0. The van der Waals surface area contributed by atoms with Gasteiger partial charge >= 0.3 is 0 Å². The molecule has 20 heavy (non-hydrogen) atoms. The van der Waals surface area contributed by atoms with Crippen LogP contribution >= 0.6 is 27.9 Å². The maximum atomic E-state index is 14.0. The van der Waals surface area contributed by atoms with Gasteiger partial charge in [0.2, 0.25) is 0 Å². The zero-order valence-corrected chi connectivity index (χ0v) is 14.3. The number of pyridine rings is 1. The van der Waals surface area contributed by atoms with Gasteiger partial charge in [0, 0.05) is 32.1 Å². The Labute approximate surface area is 131 Å². The summed E-state index contributed by atoms with van der Waals surface area (Å²) in [4.78, 5) is 4.27. The quantitative estimate of drug-likeness (QED) is 0.539. The van der Waals surface area contributed by atoms with Crippen molar-refractivity contribution >= 4 is 45.0 Å². The third-order valence-electron chi connectivity index (χ3n) is 2.51. The Balaban J connectivity index is 2.52. The number of aromatic nitrogens is 1. The monoisotopic (exact) mass is 354 g/mol. The van der Waals surface area contributed by atoms with Crippen molar-refractivity contribution in [1.82, 2.24) is 4.98 Å². The largest absolute Gasteiger partial charge is 0.250 e. The van der Waals surface area contributed by atoms with Crippen LogP contribution in [0, 0.1) is 12.7 Å². The van der Waals surface area contributed by atoms with Crippen LogP contribution in [0.3, 0.4) is 0 Å². The first-order valence-electron chi connectivity index (χ1n) is 6.24. The zero-order valence-electron chi connectivity index (χ0n) is 11.9. The first-order chi connectivity index (χ1) is 9.26. The molecule has 0 atom stereocenters. The van der Waals surface area contributed by atoms with Gasteiger partial charge in [-0.05, 0) is 57.8 Å². The van der Waals surface area contributed by atoms with Crippen molar-refractivity contribution in [2.24, 2.45) is 4.40 Å². The second kappa shape index (κ2) is 5.82. The fourth-order valence-corrected chi connectivity index (χ4v) is 2.67. The SMILES string of the molecule is Cc1cc(/C=N\SC(C)(C)C)c2cc(Br)cc(F)c2n1. The summed E-state index contributed by atoms with van der Waals surface area (Å²) in [5.74, 6) is -0.323.